The predicted octanol–water partition coefficient (Wildman–Crippen LogP) is 4.28. The number of rotatable bonds is 6. The van der Waals surface area contributed by atoms with E-state index in [1.807, 2.05) is 17.5 Å². The highest BCUT2D eigenvalue weighted by molar-refractivity contribution is 7.10. The zero-order chi connectivity index (χ0) is 20.2. The predicted molar refractivity (Wildman–Crippen MR) is 109 cm³/mol. The Morgan fingerprint density at radius 2 is 1.90 bits per heavy atom. The second-order valence-electron chi connectivity index (χ2n) is 6.31. The van der Waals surface area contributed by atoms with E-state index in [0.29, 0.717) is 11.3 Å². The molecule has 0 bridgehead atoms. The van der Waals surface area contributed by atoms with E-state index in [1.54, 1.807) is 36.4 Å². The van der Waals surface area contributed by atoms with Crippen LogP contribution in [0.25, 0.3) is 11.0 Å². The summed E-state index contributed by atoms with van der Waals surface area (Å²) < 4.78 is 24.0. The summed E-state index contributed by atoms with van der Waals surface area (Å²) in [4.78, 5) is 24.8. The molecule has 1 atom stereocenters. The summed E-state index contributed by atoms with van der Waals surface area (Å²) in [5.41, 5.74) is 0.707. The van der Waals surface area contributed by atoms with Crippen LogP contribution in [0, 0.1) is 5.82 Å². The maximum absolute atomic E-state index is 13.3. The molecule has 0 unspecified atom stereocenters. The lowest BCUT2D eigenvalue weighted by Crippen LogP contribution is -2.32. The highest BCUT2D eigenvalue weighted by Gasteiger charge is 2.18. The van der Waals surface area contributed by atoms with E-state index >= 15 is 0 Å². The number of benzene rings is 2. The Labute approximate surface area is 169 Å². The largest absolute Gasteiger partial charge is 0.484 e. The molecule has 4 aromatic rings. The molecule has 2 aromatic carbocycles. The van der Waals surface area contributed by atoms with Crippen LogP contribution in [0.15, 0.2) is 81.3 Å². The number of hydrogen-bond donors (Lipinski definition) is 1. The highest BCUT2D eigenvalue weighted by atomic mass is 32.1. The third-order valence-corrected chi connectivity index (χ3v) is 5.24. The fourth-order valence-electron chi connectivity index (χ4n) is 2.91. The molecule has 0 aliphatic heterocycles. The molecule has 0 saturated heterocycles. The number of thiophene rings is 1. The molecule has 0 radical (unpaired) electrons. The van der Waals surface area contributed by atoms with E-state index in [-0.39, 0.29) is 18.3 Å². The standard InChI is InChI=1S/C22H16FNO4S/c23-16-7-3-15(4-8-16)22(19-2-1-11-29-19)24-20(25)13-27-17-9-5-14-6-10-21(26)28-18(14)12-17/h1-12,22H,13H2,(H,24,25)/t22-/m1/s1. The molecule has 0 saturated carbocycles. The molecule has 0 fully saturated rings. The number of carbonyl (C=O) groups is 1. The Kier molecular flexibility index (Phi) is 5.39. The van der Waals surface area contributed by atoms with E-state index in [4.69, 9.17) is 9.15 Å². The summed E-state index contributed by atoms with van der Waals surface area (Å²) >= 11 is 1.50. The van der Waals surface area contributed by atoms with Gasteiger partial charge in [0, 0.05) is 22.4 Å². The van der Waals surface area contributed by atoms with Crippen LogP contribution < -0.4 is 15.7 Å². The van der Waals surface area contributed by atoms with Crippen molar-refractivity contribution in [2.75, 3.05) is 6.61 Å². The van der Waals surface area contributed by atoms with Crippen molar-refractivity contribution in [2.45, 2.75) is 6.04 Å². The molecule has 4 rings (SSSR count). The lowest BCUT2D eigenvalue weighted by atomic mass is 10.1. The number of fused-ring (bicyclic) bond motifs is 1. The van der Waals surface area contributed by atoms with Gasteiger partial charge in [0.1, 0.15) is 17.1 Å². The van der Waals surface area contributed by atoms with E-state index < -0.39 is 11.7 Å². The number of amides is 1. The lowest BCUT2D eigenvalue weighted by molar-refractivity contribution is -0.123. The zero-order valence-corrected chi connectivity index (χ0v) is 15.9. The molecule has 1 N–H and O–H groups in total. The van der Waals surface area contributed by atoms with Gasteiger partial charge < -0.3 is 14.5 Å². The van der Waals surface area contributed by atoms with Crippen LogP contribution >= 0.6 is 11.3 Å². The van der Waals surface area contributed by atoms with Crippen molar-refractivity contribution in [1.29, 1.82) is 0 Å². The van der Waals surface area contributed by atoms with Crippen LogP contribution in [0.3, 0.4) is 0 Å². The Bertz CT molecular complexity index is 1190. The van der Waals surface area contributed by atoms with Crippen molar-refractivity contribution in [1.82, 2.24) is 5.32 Å². The first kappa shape index (κ1) is 18.9. The molecule has 0 aliphatic carbocycles. The van der Waals surface area contributed by atoms with Gasteiger partial charge in [0.25, 0.3) is 5.91 Å². The van der Waals surface area contributed by atoms with Gasteiger partial charge in [-0.15, -0.1) is 11.3 Å². The fraction of sp³-hybridized carbons (Fsp3) is 0.0909. The van der Waals surface area contributed by atoms with Gasteiger partial charge in [-0.05, 0) is 47.3 Å². The minimum absolute atomic E-state index is 0.217. The van der Waals surface area contributed by atoms with Crippen LogP contribution in [-0.4, -0.2) is 12.5 Å². The second kappa shape index (κ2) is 8.28. The van der Waals surface area contributed by atoms with E-state index in [1.165, 1.54) is 29.5 Å². The van der Waals surface area contributed by atoms with Gasteiger partial charge in [-0.25, -0.2) is 9.18 Å². The number of hydrogen-bond acceptors (Lipinski definition) is 5. The first-order valence-electron chi connectivity index (χ1n) is 8.83. The quantitative estimate of drug-likeness (QED) is 0.483. The van der Waals surface area contributed by atoms with E-state index in [9.17, 15) is 14.0 Å². The summed E-state index contributed by atoms with van der Waals surface area (Å²) in [6.07, 6.45) is 0. The van der Waals surface area contributed by atoms with Gasteiger partial charge in [-0.1, -0.05) is 18.2 Å². The minimum Gasteiger partial charge on any atom is -0.484 e. The van der Waals surface area contributed by atoms with Gasteiger partial charge in [0.05, 0.1) is 6.04 Å². The van der Waals surface area contributed by atoms with Crippen LogP contribution in [0.1, 0.15) is 16.5 Å². The summed E-state index contributed by atoms with van der Waals surface area (Å²) in [5, 5.41) is 5.60. The van der Waals surface area contributed by atoms with Crippen molar-refractivity contribution in [2.24, 2.45) is 0 Å². The number of ether oxygens (including phenoxy) is 1. The Balaban J connectivity index is 1.47. The smallest absolute Gasteiger partial charge is 0.336 e. The lowest BCUT2D eigenvalue weighted by Gasteiger charge is -2.18. The molecule has 7 heteroatoms. The number of carbonyl (C=O) groups excluding carboxylic acids is 1. The van der Waals surface area contributed by atoms with Gasteiger partial charge in [-0.3, -0.25) is 4.79 Å². The third-order valence-electron chi connectivity index (χ3n) is 4.30. The average molecular weight is 409 g/mol. The molecule has 5 nitrogen and oxygen atoms in total. The average Bonchev–Trinajstić information content (AvgIpc) is 3.25. The van der Waals surface area contributed by atoms with Crippen molar-refractivity contribution in [3.05, 3.63) is 98.8 Å². The van der Waals surface area contributed by atoms with Crippen LogP contribution in [0.5, 0.6) is 5.75 Å². The monoisotopic (exact) mass is 409 g/mol. The van der Waals surface area contributed by atoms with Crippen molar-refractivity contribution >= 4 is 28.2 Å². The second-order valence-corrected chi connectivity index (χ2v) is 7.29. The maximum Gasteiger partial charge on any atom is 0.336 e. The summed E-state index contributed by atoms with van der Waals surface area (Å²) in [6, 6.07) is 17.4. The van der Waals surface area contributed by atoms with Gasteiger partial charge in [-0.2, -0.15) is 0 Å². The van der Waals surface area contributed by atoms with E-state index in [0.717, 1.165) is 15.8 Å². The first-order valence-corrected chi connectivity index (χ1v) is 9.71. The van der Waals surface area contributed by atoms with Crippen LogP contribution in [0.4, 0.5) is 4.39 Å². The summed E-state index contributed by atoms with van der Waals surface area (Å²) in [7, 11) is 0. The molecule has 29 heavy (non-hydrogen) atoms. The SMILES string of the molecule is O=C(COc1ccc2ccc(=O)oc2c1)N[C@H](c1ccc(F)cc1)c1cccs1. The topological polar surface area (TPSA) is 68.5 Å². The summed E-state index contributed by atoms with van der Waals surface area (Å²) in [5.74, 6) is -0.255. The number of halogens is 1. The molecule has 0 aliphatic rings. The Hall–Kier alpha value is -3.45. The van der Waals surface area contributed by atoms with Crippen LogP contribution in [0.2, 0.25) is 0 Å². The highest BCUT2D eigenvalue weighted by Crippen LogP contribution is 2.26. The maximum atomic E-state index is 13.3. The molecule has 0 spiro atoms. The first-order chi connectivity index (χ1) is 14.1. The van der Waals surface area contributed by atoms with Crippen molar-refractivity contribution in [3.63, 3.8) is 0 Å². The molecular weight excluding hydrogens is 393 g/mol. The molecule has 146 valence electrons. The van der Waals surface area contributed by atoms with Crippen molar-refractivity contribution < 1.29 is 18.3 Å². The number of nitrogens with one attached hydrogen (secondary N) is 1. The van der Waals surface area contributed by atoms with Gasteiger partial charge in [0.2, 0.25) is 0 Å². The molecule has 2 heterocycles. The molecule has 1 amide bonds. The van der Waals surface area contributed by atoms with Gasteiger partial charge in [0.15, 0.2) is 6.61 Å². The van der Waals surface area contributed by atoms with E-state index in [2.05, 4.69) is 5.32 Å². The zero-order valence-electron chi connectivity index (χ0n) is 15.1. The fourth-order valence-corrected chi connectivity index (χ4v) is 3.71. The Morgan fingerprint density at radius 3 is 2.66 bits per heavy atom. The minimum atomic E-state index is -0.453. The summed E-state index contributed by atoms with van der Waals surface area (Å²) in [6.45, 7) is -0.217. The normalized spacial score (nSPS) is 11.9. The van der Waals surface area contributed by atoms with Crippen LogP contribution in [-0.2, 0) is 4.79 Å². The van der Waals surface area contributed by atoms with Gasteiger partial charge >= 0.3 is 5.63 Å². The Morgan fingerprint density at radius 1 is 1.10 bits per heavy atom. The van der Waals surface area contributed by atoms with Crippen molar-refractivity contribution in [3.8, 4) is 5.75 Å². The molecular formula is C22H16FNO4S. The third kappa shape index (κ3) is 4.52. The molecule has 2 aromatic heterocycles.